The third kappa shape index (κ3) is 5.73. The number of methoxy groups -OCH3 is 2. The van der Waals surface area contributed by atoms with Crippen molar-refractivity contribution in [2.24, 2.45) is 0 Å². The van der Waals surface area contributed by atoms with Gasteiger partial charge in [0.1, 0.15) is 11.8 Å². The van der Waals surface area contributed by atoms with Crippen LogP contribution in [0.4, 0.5) is 0 Å². The lowest BCUT2D eigenvalue weighted by Gasteiger charge is -2.27. The molecule has 0 radical (unpaired) electrons. The van der Waals surface area contributed by atoms with Crippen LogP contribution in [0.25, 0.3) is 0 Å². The van der Waals surface area contributed by atoms with Crippen molar-refractivity contribution in [2.75, 3.05) is 14.2 Å². The monoisotopic (exact) mass is 357 g/mol. The molecular formula is C16H20ClNO6. The van der Waals surface area contributed by atoms with Crippen LogP contribution in [0, 0.1) is 0 Å². The average molecular weight is 358 g/mol. The zero-order chi connectivity index (χ0) is 18.3. The summed E-state index contributed by atoms with van der Waals surface area (Å²) in [5.74, 6) is -1.56. The number of carbonyl (C=O) groups excluding carboxylic acids is 3. The number of amides is 1. The second kappa shape index (κ2) is 8.54. The molecule has 1 rings (SSSR count). The molecule has 0 spiro atoms. The zero-order valence-corrected chi connectivity index (χ0v) is 14.7. The van der Waals surface area contributed by atoms with Crippen LogP contribution in [0.15, 0.2) is 24.3 Å². The van der Waals surface area contributed by atoms with Crippen LogP contribution in [-0.4, -0.2) is 43.7 Å². The lowest BCUT2D eigenvalue weighted by Crippen LogP contribution is -2.53. The molecule has 0 saturated heterocycles. The molecule has 7 nitrogen and oxygen atoms in total. The number of hydrogen-bond donors (Lipinski definition) is 1. The van der Waals surface area contributed by atoms with E-state index in [1.54, 1.807) is 24.3 Å². The van der Waals surface area contributed by atoms with Crippen LogP contribution < -0.4 is 10.1 Å². The van der Waals surface area contributed by atoms with E-state index in [1.165, 1.54) is 21.0 Å². The first-order chi connectivity index (χ1) is 11.2. The van der Waals surface area contributed by atoms with Crippen LogP contribution >= 0.6 is 11.6 Å². The van der Waals surface area contributed by atoms with E-state index < -0.39 is 29.5 Å². The Kier molecular flexibility index (Phi) is 7.03. The van der Waals surface area contributed by atoms with Crippen molar-refractivity contribution < 1.29 is 28.6 Å². The van der Waals surface area contributed by atoms with E-state index >= 15 is 0 Å². The highest BCUT2D eigenvalue weighted by Gasteiger charge is 2.34. The maximum atomic E-state index is 12.4. The SMILES string of the molecule is COC(=O)C[C@H](NC(=O)C(C)(C)Oc1ccc(Cl)cc1)C(=O)OC. The summed E-state index contributed by atoms with van der Waals surface area (Å²) >= 11 is 5.80. The van der Waals surface area contributed by atoms with Gasteiger partial charge in [0.15, 0.2) is 5.60 Å². The van der Waals surface area contributed by atoms with Gasteiger partial charge in [0.25, 0.3) is 5.91 Å². The van der Waals surface area contributed by atoms with Crippen LogP contribution in [0.2, 0.25) is 5.02 Å². The minimum atomic E-state index is -1.30. The topological polar surface area (TPSA) is 90.9 Å². The molecule has 0 heterocycles. The lowest BCUT2D eigenvalue weighted by atomic mass is 10.1. The summed E-state index contributed by atoms with van der Waals surface area (Å²) in [5, 5.41) is 2.98. The zero-order valence-electron chi connectivity index (χ0n) is 13.9. The van der Waals surface area contributed by atoms with Crippen molar-refractivity contribution in [1.82, 2.24) is 5.32 Å². The van der Waals surface area contributed by atoms with Gasteiger partial charge in [-0.15, -0.1) is 0 Å². The molecule has 1 atom stereocenters. The fourth-order valence-electron chi connectivity index (χ4n) is 1.76. The van der Waals surface area contributed by atoms with Crippen LogP contribution in [0.5, 0.6) is 5.75 Å². The summed E-state index contributed by atoms with van der Waals surface area (Å²) in [6, 6.07) is 5.31. The third-order valence-electron chi connectivity index (χ3n) is 3.12. The maximum absolute atomic E-state index is 12.4. The quantitative estimate of drug-likeness (QED) is 0.747. The number of carbonyl (C=O) groups is 3. The molecule has 24 heavy (non-hydrogen) atoms. The molecule has 0 aliphatic carbocycles. The Morgan fingerprint density at radius 2 is 1.71 bits per heavy atom. The second-order valence-corrected chi connectivity index (χ2v) is 5.83. The minimum Gasteiger partial charge on any atom is -0.478 e. The molecule has 1 aromatic carbocycles. The van der Waals surface area contributed by atoms with Crippen molar-refractivity contribution in [2.45, 2.75) is 31.9 Å². The molecule has 0 aliphatic rings. The highest BCUT2D eigenvalue weighted by molar-refractivity contribution is 6.30. The molecule has 1 N–H and O–H groups in total. The van der Waals surface area contributed by atoms with Gasteiger partial charge in [-0.3, -0.25) is 9.59 Å². The van der Waals surface area contributed by atoms with E-state index in [0.29, 0.717) is 10.8 Å². The first kappa shape index (κ1) is 19.8. The van der Waals surface area contributed by atoms with Crippen molar-refractivity contribution >= 4 is 29.4 Å². The fourth-order valence-corrected chi connectivity index (χ4v) is 1.89. The number of esters is 2. The van der Waals surface area contributed by atoms with E-state index in [1.807, 2.05) is 0 Å². The van der Waals surface area contributed by atoms with Crippen LogP contribution in [0.3, 0.4) is 0 Å². The number of ether oxygens (including phenoxy) is 3. The fraction of sp³-hybridized carbons (Fsp3) is 0.438. The van der Waals surface area contributed by atoms with Crippen molar-refractivity contribution in [3.8, 4) is 5.75 Å². The number of halogens is 1. The molecule has 0 saturated carbocycles. The van der Waals surface area contributed by atoms with E-state index in [0.717, 1.165) is 7.11 Å². The Morgan fingerprint density at radius 3 is 2.21 bits per heavy atom. The van der Waals surface area contributed by atoms with Gasteiger partial charge in [-0.25, -0.2) is 4.79 Å². The van der Waals surface area contributed by atoms with Crippen LogP contribution in [-0.2, 0) is 23.9 Å². The summed E-state index contributed by atoms with van der Waals surface area (Å²) in [6.07, 6.45) is -0.341. The minimum absolute atomic E-state index is 0.341. The largest absolute Gasteiger partial charge is 0.478 e. The van der Waals surface area contributed by atoms with Gasteiger partial charge in [-0.05, 0) is 38.1 Å². The highest BCUT2D eigenvalue weighted by Crippen LogP contribution is 2.21. The second-order valence-electron chi connectivity index (χ2n) is 5.40. The highest BCUT2D eigenvalue weighted by atomic mass is 35.5. The molecule has 8 heteroatoms. The summed E-state index contributed by atoms with van der Waals surface area (Å²) in [5.41, 5.74) is -1.30. The van der Waals surface area contributed by atoms with Gasteiger partial charge in [-0.2, -0.15) is 0 Å². The summed E-state index contributed by atoms with van der Waals surface area (Å²) < 4.78 is 14.7. The van der Waals surface area contributed by atoms with Gasteiger partial charge < -0.3 is 19.5 Å². The Hall–Kier alpha value is -2.28. The Balaban J connectivity index is 2.81. The first-order valence-corrected chi connectivity index (χ1v) is 7.47. The van der Waals surface area contributed by atoms with Gasteiger partial charge >= 0.3 is 11.9 Å². The van der Waals surface area contributed by atoms with E-state index in [2.05, 4.69) is 14.8 Å². The summed E-state index contributed by atoms with van der Waals surface area (Å²) in [7, 11) is 2.35. The summed E-state index contributed by atoms with van der Waals surface area (Å²) in [6.45, 7) is 3.06. The van der Waals surface area contributed by atoms with Crippen molar-refractivity contribution in [3.05, 3.63) is 29.3 Å². The Bertz CT molecular complexity index is 599. The normalized spacial score (nSPS) is 12.0. The lowest BCUT2D eigenvalue weighted by molar-refractivity contribution is -0.152. The van der Waals surface area contributed by atoms with Crippen molar-refractivity contribution in [1.29, 1.82) is 0 Å². The van der Waals surface area contributed by atoms with Gasteiger partial charge in [-0.1, -0.05) is 11.6 Å². The number of rotatable bonds is 7. The smallest absolute Gasteiger partial charge is 0.328 e. The maximum Gasteiger partial charge on any atom is 0.328 e. The molecule has 0 unspecified atom stereocenters. The van der Waals surface area contributed by atoms with Gasteiger partial charge in [0.2, 0.25) is 0 Å². The van der Waals surface area contributed by atoms with E-state index in [-0.39, 0.29) is 6.42 Å². The standard InChI is InChI=1S/C16H20ClNO6/c1-16(2,24-11-7-5-10(17)6-8-11)15(21)18-12(14(20)23-4)9-13(19)22-3/h5-8,12H,9H2,1-4H3,(H,18,21)/t12-/m0/s1. The van der Waals surface area contributed by atoms with E-state index in [9.17, 15) is 14.4 Å². The molecule has 1 aromatic rings. The van der Waals surface area contributed by atoms with Crippen molar-refractivity contribution in [3.63, 3.8) is 0 Å². The summed E-state index contributed by atoms with van der Waals surface area (Å²) in [4.78, 5) is 35.5. The Morgan fingerprint density at radius 1 is 1.12 bits per heavy atom. The molecule has 1 amide bonds. The van der Waals surface area contributed by atoms with Gasteiger partial charge in [0.05, 0.1) is 20.6 Å². The number of nitrogens with one attached hydrogen (secondary N) is 1. The number of benzene rings is 1. The number of hydrogen-bond acceptors (Lipinski definition) is 6. The average Bonchev–Trinajstić information content (AvgIpc) is 2.55. The predicted octanol–water partition coefficient (Wildman–Crippen LogP) is 1.72. The third-order valence-corrected chi connectivity index (χ3v) is 3.37. The molecule has 0 fully saturated rings. The van der Waals surface area contributed by atoms with Crippen LogP contribution in [0.1, 0.15) is 20.3 Å². The molecule has 0 aliphatic heterocycles. The molecular weight excluding hydrogens is 338 g/mol. The van der Waals surface area contributed by atoms with Gasteiger partial charge in [0, 0.05) is 5.02 Å². The molecule has 132 valence electrons. The Labute approximate surface area is 145 Å². The predicted molar refractivity (Wildman–Crippen MR) is 86.7 cm³/mol. The molecule has 0 aromatic heterocycles. The van der Waals surface area contributed by atoms with E-state index in [4.69, 9.17) is 16.3 Å². The molecule has 0 bridgehead atoms. The first-order valence-electron chi connectivity index (χ1n) is 7.09.